The van der Waals surface area contributed by atoms with Crippen molar-refractivity contribution in [1.29, 1.82) is 0 Å². The molecule has 1 aliphatic heterocycles. The Labute approximate surface area is 126 Å². The van der Waals surface area contributed by atoms with Gasteiger partial charge in [-0.15, -0.1) is 0 Å². The van der Waals surface area contributed by atoms with Crippen LogP contribution in [-0.2, 0) is 9.53 Å². The van der Waals surface area contributed by atoms with Gasteiger partial charge in [0.15, 0.2) is 0 Å². The second-order valence-electron chi connectivity index (χ2n) is 5.05. The van der Waals surface area contributed by atoms with Crippen LogP contribution in [0.15, 0.2) is 36.0 Å². The van der Waals surface area contributed by atoms with E-state index in [0.29, 0.717) is 6.42 Å². The maximum atomic E-state index is 11.5. The van der Waals surface area contributed by atoms with E-state index in [-0.39, 0.29) is 5.97 Å². The van der Waals surface area contributed by atoms with E-state index < -0.39 is 0 Å². The summed E-state index contributed by atoms with van der Waals surface area (Å²) in [6.45, 7) is 6.65. The third kappa shape index (κ3) is 4.29. The van der Waals surface area contributed by atoms with Crippen molar-refractivity contribution in [2.75, 3.05) is 44.7 Å². The minimum absolute atomic E-state index is 0.218. The monoisotopic (exact) mass is 289 g/mol. The van der Waals surface area contributed by atoms with Crippen LogP contribution in [0.1, 0.15) is 13.3 Å². The van der Waals surface area contributed by atoms with E-state index in [1.54, 1.807) is 0 Å². The first kappa shape index (κ1) is 15.5. The Hall–Kier alpha value is -1.88. The number of aromatic nitrogens is 1. The molecule has 1 saturated heterocycles. The van der Waals surface area contributed by atoms with Crippen LogP contribution >= 0.6 is 0 Å². The molecule has 21 heavy (non-hydrogen) atoms. The molecule has 0 bridgehead atoms. The molecule has 2 rings (SSSR count). The molecule has 5 heteroatoms. The quantitative estimate of drug-likeness (QED) is 0.610. The molecule has 0 spiro atoms. The third-order valence-electron chi connectivity index (χ3n) is 3.77. The highest BCUT2D eigenvalue weighted by atomic mass is 16.5. The van der Waals surface area contributed by atoms with Gasteiger partial charge in [0.2, 0.25) is 0 Å². The summed E-state index contributed by atoms with van der Waals surface area (Å²) in [7, 11) is 1.43. The normalized spacial score (nSPS) is 16.9. The molecule has 0 aliphatic carbocycles. The molecule has 0 amide bonds. The van der Waals surface area contributed by atoms with Gasteiger partial charge in [0.25, 0.3) is 0 Å². The van der Waals surface area contributed by atoms with Gasteiger partial charge in [0, 0.05) is 44.5 Å². The fourth-order valence-electron chi connectivity index (χ4n) is 2.44. The van der Waals surface area contributed by atoms with E-state index in [2.05, 4.69) is 14.8 Å². The zero-order valence-corrected chi connectivity index (χ0v) is 12.8. The molecule has 0 atom stereocenters. The summed E-state index contributed by atoms with van der Waals surface area (Å²) >= 11 is 0. The predicted molar refractivity (Wildman–Crippen MR) is 83.3 cm³/mol. The lowest BCUT2D eigenvalue weighted by atomic mass is 10.2. The van der Waals surface area contributed by atoms with Crippen LogP contribution in [0, 0.1) is 0 Å². The van der Waals surface area contributed by atoms with Gasteiger partial charge in [-0.25, -0.2) is 9.78 Å². The van der Waals surface area contributed by atoms with Gasteiger partial charge in [-0.2, -0.15) is 0 Å². The van der Waals surface area contributed by atoms with Crippen LogP contribution in [0.5, 0.6) is 0 Å². The predicted octanol–water partition coefficient (Wildman–Crippen LogP) is 1.71. The van der Waals surface area contributed by atoms with Crippen LogP contribution in [0.4, 0.5) is 5.82 Å². The first-order valence-corrected chi connectivity index (χ1v) is 7.40. The lowest BCUT2D eigenvalue weighted by Crippen LogP contribution is -2.46. The largest absolute Gasteiger partial charge is 0.466 e. The van der Waals surface area contributed by atoms with Gasteiger partial charge in [-0.3, -0.25) is 4.90 Å². The number of carbonyl (C=O) groups excluding carboxylic acids is 1. The highest BCUT2D eigenvalue weighted by molar-refractivity contribution is 5.88. The Balaban J connectivity index is 1.84. The average molecular weight is 289 g/mol. The molecule has 1 aromatic rings. The second kappa shape index (κ2) is 7.78. The van der Waals surface area contributed by atoms with Gasteiger partial charge in [-0.1, -0.05) is 19.1 Å². The van der Waals surface area contributed by atoms with Crippen LogP contribution < -0.4 is 4.90 Å². The number of anilines is 1. The molecule has 0 N–H and O–H groups in total. The van der Waals surface area contributed by atoms with Gasteiger partial charge < -0.3 is 9.64 Å². The van der Waals surface area contributed by atoms with Gasteiger partial charge in [0.05, 0.1) is 7.11 Å². The maximum Gasteiger partial charge on any atom is 0.333 e. The number of hydrogen-bond acceptors (Lipinski definition) is 5. The van der Waals surface area contributed by atoms with Crippen molar-refractivity contribution in [3.8, 4) is 0 Å². The SMILES string of the molecule is CCC(=CCN1CCN(c2ccccn2)CC1)C(=O)OC. The van der Waals surface area contributed by atoms with Gasteiger partial charge in [-0.05, 0) is 18.6 Å². The van der Waals surface area contributed by atoms with Gasteiger partial charge in [0.1, 0.15) is 5.82 Å². The fraction of sp³-hybridized carbons (Fsp3) is 0.500. The second-order valence-corrected chi connectivity index (χ2v) is 5.05. The number of piperazine rings is 1. The summed E-state index contributed by atoms with van der Waals surface area (Å²) in [5.74, 6) is 0.820. The molecule has 5 nitrogen and oxygen atoms in total. The molecule has 114 valence electrons. The Bertz CT molecular complexity index is 480. The number of nitrogens with zero attached hydrogens (tertiary/aromatic N) is 3. The summed E-state index contributed by atoms with van der Waals surface area (Å²) in [5, 5.41) is 0. The van der Waals surface area contributed by atoms with Gasteiger partial charge >= 0.3 is 5.97 Å². The topological polar surface area (TPSA) is 45.7 Å². The molecule has 0 aromatic carbocycles. The molecule has 1 aliphatic rings. The Morgan fingerprint density at radius 2 is 2.10 bits per heavy atom. The van der Waals surface area contributed by atoms with Crippen molar-refractivity contribution in [3.63, 3.8) is 0 Å². The van der Waals surface area contributed by atoms with Crippen LogP contribution in [-0.4, -0.2) is 55.7 Å². The van der Waals surface area contributed by atoms with Crippen molar-refractivity contribution in [3.05, 3.63) is 36.0 Å². The van der Waals surface area contributed by atoms with E-state index in [4.69, 9.17) is 4.74 Å². The van der Waals surface area contributed by atoms with Crippen LogP contribution in [0.3, 0.4) is 0 Å². The summed E-state index contributed by atoms with van der Waals surface area (Å²) in [4.78, 5) is 20.5. The minimum atomic E-state index is -0.218. The molecule has 0 radical (unpaired) electrons. The lowest BCUT2D eigenvalue weighted by molar-refractivity contribution is -0.136. The van der Waals surface area contributed by atoms with Crippen LogP contribution in [0.25, 0.3) is 0 Å². The zero-order chi connectivity index (χ0) is 15.1. The lowest BCUT2D eigenvalue weighted by Gasteiger charge is -2.34. The maximum absolute atomic E-state index is 11.5. The first-order chi connectivity index (χ1) is 10.2. The molecule has 0 saturated carbocycles. The minimum Gasteiger partial charge on any atom is -0.466 e. The van der Waals surface area contributed by atoms with Crippen molar-refractivity contribution in [2.24, 2.45) is 0 Å². The summed E-state index contributed by atoms with van der Waals surface area (Å²) in [5.41, 5.74) is 0.754. The van der Waals surface area contributed by atoms with Crippen LogP contribution in [0.2, 0.25) is 0 Å². The fourth-order valence-corrected chi connectivity index (χ4v) is 2.44. The van der Waals surface area contributed by atoms with Crippen molar-refractivity contribution in [2.45, 2.75) is 13.3 Å². The number of esters is 1. The Morgan fingerprint density at radius 3 is 2.67 bits per heavy atom. The van der Waals surface area contributed by atoms with E-state index in [1.165, 1.54) is 7.11 Å². The number of pyridine rings is 1. The average Bonchev–Trinajstić information content (AvgIpc) is 2.56. The van der Waals surface area contributed by atoms with E-state index in [1.807, 2.05) is 37.4 Å². The number of hydrogen-bond donors (Lipinski definition) is 0. The van der Waals surface area contributed by atoms with E-state index >= 15 is 0 Å². The molecular formula is C16H23N3O2. The first-order valence-electron chi connectivity index (χ1n) is 7.40. The van der Waals surface area contributed by atoms with E-state index in [9.17, 15) is 4.79 Å². The Kier molecular flexibility index (Phi) is 5.75. The van der Waals surface area contributed by atoms with Crippen molar-refractivity contribution in [1.82, 2.24) is 9.88 Å². The summed E-state index contributed by atoms with van der Waals surface area (Å²) < 4.78 is 4.78. The third-order valence-corrected chi connectivity index (χ3v) is 3.77. The van der Waals surface area contributed by atoms with Crippen molar-refractivity contribution >= 4 is 11.8 Å². The number of rotatable bonds is 5. The standard InChI is InChI=1S/C16H23N3O2/c1-3-14(16(20)21-2)7-9-18-10-12-19(13-11-18)15-6-4-5-8-17-15/h4-8H,3,9-13H2,1-2H3. The van der Waals surface area contributed by atoms with Crippen molar-refractivity contribution < 1.29 is 9.53 Å². The molecule has 0 unspecified atom stereocenters. The number of methoxy groups -OCH3 is 1. The summed E-state index contributed by atoms with van der Waals surface area (Å²) in [6, 6.07) is 5.99. The Morgan fingerprint density at radius 1 is 1.33 bits per heavy atom. The molecular weight excluding hydrogens is 266 g/mol. The highest BCUT2D eigenvalue weighted by Gasteiger charge is 2.17. The summed E-state index contributed by atoms with van der Waals surface area (Å²) in [6.07, 6.45) is 4.52. The molecule has 1 aromatic heterocycles. The smallest absolute Gasteiger partial charge is 0.333 e. The number of carbonyl (C=O) groups is 1. The zero-order valence-electron chi connectivity index (χ0n) is 12.8. The van der Waals surface area contributed by atoms with E-state index in [0.717, 1.165) is 44.1 Å². The molecule has 2 heterocycles. The number of ether oxygens (including phenoxy) is 1. The highest BCUT2D eigenvalue weighted by Crippen LogP contribution is 2.13. The molecule has 1 fully saturated rings.